The Labute approximate surface area is 148 Å². The van der Waals surface area contributed by atoms with Crippen molar-refractivity contribution in [2.24, 2.45) is 4.99 Å². The van der Waals surface area contributed by atoms with E-state index >= 15 is 0 Å². The van der Waals surface area contributed by atoms with Crippen molar-refractivity contribution in [2.75, 3.05) is 14.2 Å². The van der Waals surface area contributed by atoms with E-state index in [1.165, 1.54) is 12.0 Å². The van der Waals surface area contributed by atoms with Gasteiger partial charge in [-0.15, -0.1) is 0 Å². The first kappa shape index (κ1) is 17.0. The highest BCUT2D eigenvalue weighted by Crippen LogP contribution is 2.38. The number of amidine groups is 2. The summed E-state index contributed by atoms with van der Waals surface area (Å²) < 4.78 is 9.84. The van der Waals surface area contributed by atoms with Crippen molar-refractivity contribution in [3.63, 3.8) is 0 Å². The fourth-order valence-corrected chi connectivity index (χ4v) is 3.48. The molecule has 8 heteroatoms. The van der Waals surface area contributed by atoms with E-state index < -0.39 is 11.9 Å². The Morgan fingerprint density at radius 1 is 1.28 bits per heavy atom. The monoisotopic (exact) mass is 357 g/mol. The van der Waals surface area contributed by atoms with Crippen LogP contribution in [0.25, 0.3) is 6.08 Å². The van der Waals surface area contributed by atoms with E-state index in [1.807, 2.05) is 0 Å². The fourth-order valence-electron chi connectivity index (χ4n) is 2.44. The summed E-state index contributed by atoms with van der Waals surface area (Å²) in [4.78, 5) is 30.0. The van der Waals surface area contributed by atoms with Gasteiger partial charge in [-0.1, -0.05) is 12.1 Å². The second-order valence-corrected chi connectivity index (χ2v) is 6.20. The van der Waals surface area contributed by atoms with Crippen LogP contribution >= 0.6 is 11.8 Å². The molecule has 0 spiro atoms. The van der Waals surface area contributed by atoms with Crippen molar-refractivity contribution in [1.29, 1.82) is 5.41 Å². The molecule has 2 heterocycles. The van der Waals surface area contributed by atoms with Crippen LogP contribution in [-0.2, 0) is 14.3 Å². The lowest BCUT2D eigenvalue weighted by molar-refractivity contribution is -0.135. The second kappa shape index (κ2) is 6.56. The molecule has 25 heavy (non-hydrogen) atoms. The Hall–Kier alpha value is -2.87. The van der Waals surface area contributed by atoms with Crippen molar-refractivity contribution in [3.05, 3.63) is 46.0 Å². The number of ether oxygens (including phenoxy) is 2. The Morgan fingerprint density at radius 3 is 2.56 bits per heavy atom. The Bertz CT molecular complexity index is 868. The third-order valence-electron chi connectivity index (χ3n) is 3.75. The zero-order chi connectivity index (χ0) is 18.1. The summed E-state index contributed by atoms with van der Waals surface area (Å²) in [6, 6.07) is 7.11. The van der Waals surface area contributed by atoms with Gasteiger partial charge in [-0.05, 0) is 42.5 Å². The molecular formula is C17H15N3O4S. The Morgan fingerprint density at radius 2 is 1.96 bits per heavy atom. The van der Waals surface area contributed by atoms with Gasteiger partial charge in [0.1, 0.15) is 16.5 Å². The number of rotatable bonds is 3. The highest BCUT2D eigenvalue weighted by molar-refractivity contribution is 8.18. The molecule has 0 radical (unpaired) electrons. The molecule has 1 aromatic carbocycles. The smallest absolute Gasteiger partial charge is 0.346 e. The molecule has 1 amide bonds. The summed E-state index contributed by atoms with van der Waals surface area (Å²) in [5, 5.41) is 8.67. The molecule has 0 aliphatic carbocycles. The van der Waals surface area contributed by atoms with Crippen molar-refractivity contribution >= 4 is 40.7 Å². The van der Waals surface area contributed by atoms with Gasteiger partial charge in [-0.25, -0.2) is 4.79 Å². The van der Waals surface area contributed by atoms with Crippen molar-refractivity contribution in [2.45, 2.75) is 6.92 Å². The molecule has 2 aliphatic rings. The average molecular weight is 357 g/mol. The summed E-state index contributed by atoms with van der Waals surface area (Å²) in [5.74, 6) is -0.348. The average Bonchev–Trinajstić information content (AvgIpc) is 2.94. The molecular weight excluding hydrogens is 342 g/mol. The van der Waals surface area contributed by atoms with Crippen LogP contribution in [0, 0.1) is 5.41 Å². The maximum atomic E-state index is 12.3. The summed E-state index contributed by atoms with van der Waals surface area (Å²) in [7, 11) is 2.86. The van der Waals surface area contributed by atoms with Crippen LogP contribution < -0.4 is 4.74 Å². The van der Waals surface area contributed by atoms with Crippen LogP contribution in [0.2, 0.25) is 0 Å². The zero-order valence-corrected chi connectivity index (χ0v) is 14.6. The van der Waals surface area contributed by atoms with Gasteiger partial charge < -0.3 is 9.47 Å². The van der Waals surface area contributed by atoms with E-state index in [2.05, 4.69) is 4.99 Å². The number of fused-ring (bicyclic) bond motifs is 1. The highest BCUT2D eigenvalue weighted by atomic mass is 32.2. The summed E-state index contributed by atoms with van der Waals surface area (Å²) >= 11 is 1.03. The van der Waals surface area contributed by atoms with Gasteiger partial charge in [0.05, 0.1) is 19.8 Å². The van der Waals surface area contributed by atoms with Crippen molar-refractivity contribution in [1.82, 2.24) is 4.90 Å². The lowest BCUT2D eigenvalue weighted by Gasteiger charge is -2.25. The van der Waals surface area contributed by atoms with Gasteiger partial charge in [-0.3, -0.25) is 15.1 Å². The van der Waals surface area contributed by atoms with Gasteiger partial charge in [0.15, 0.2) is 5.17 Å². The molecule has 0 unspecified atom stereocenters. The number of benzene rings is 1. The first-order valence-electron chi connectivity index (χ1n) is 7.31. The molecule has 1 N–H and O–H groups in total. The number of hydrogen-bond acceptors (Lipinski definition) is 6. The summed E-state index contributed by atoms with van der Waals surface area (Å²) in [6.07, 6.45) is 1.60. The lowest BCUT2D eigenvalue weighted by atomic mass is 10.1. The second-order valence-electron chi connectivity index (χ2n) is 5.22. The molecule has 0 bridgehead atoms. The van der Waals surface area contributed by atoms with Gasteiger partial charge in [0, 0.05) is 5.70 Å². The van der Waals surface area contributed by atoms with Crippen molar-refractivity contribution < 1.29 is 19.1 Å². The van der Waals surface area contributed by atoms with Crippen LogP contribution in [0.15, 0.2) is 45.4 Å². The van der Waals surface area contributed by atoms with E-state index in [0.29, 0.717) is 21.5 Å². The lowest BCUT2D eigenvalue weighted by Crippen LogP contribution is -2.37. The number of amides is 1. The predicted octanol–water partition coefficient (Wildman–Crippen LogP) is 2.41. The predicted molar refractivity (Wildman–Crippen MR) is 95.3 cm³/mol. The Balaban J connectivity index is 1.98. The maximum absolute atomic E-state index is 12.3. The Kier molecular flexibility index (Phi) is 4.45. The number of thioether (sulfide) groups is 1. The largest absolute Gasteiger partial charge is 0.497 e. The third-order valence-corrected chi connectivity index (χ3v) is 4.88. The molecule has 0 aromatic heterocycles. The number of carbonyl (C=O) groups excluding carboxylic acids is 2. The molecule has 2 aliphatic heterocycles. The topological polar surface area (TPSA) is 92.0 Å². The van der Waals surface area contributed by atoms with Crippen LogP contribution in [0.1, 0.15) is 12.5 Å². The van der Waals surface area contributed by atoms with Crippen LogP contribution in [0.3, 0.4) is 0 Å². The van der Waals surface area contributed by atoms with Gasteiger partial charge in [0.2, 0.25) is 0 Å². The summed E-state index contributed by atoms with van der Waals surface area (Å²) in [6.45, 7) is 1.69. The van der Waals surface area contributed by atoms with Gasteiger partial charge in [-0.2, -0.15) is 4.99 Å². The third kappa shape index (κ3) is 2.96. The number of methoxy groups -OCH3 is 2. The maximum Gasteiger partial charge on any atom is 0.346 e. The first-order chi connectivity index (χ1) is 12.0. The number of nitrogens with one attached hydrogen (secondary N) is 1. The molecule has 7 nitrogen and oxygen atoms in total. The minimum Gasteiger partial charge on any atom is -0.497 e. The van der Waals surface area contributed by atoms with Crippen LogP contribution in [0.4, 0.5) is 0 Å². The normalized spacial score (nSPS) is 18.4. The molecule has 0 fully saturated rings. The van der Waals surface area contributed by atoms with E-state index in [0.717, 1.165) is 17.3 Å². The van der Waals surface area contributed by atoms with E-state index in [1.54, 1.807) is 44.4 Å². The van der Waals surface area contributed by atoms with Gasteiger partial charge >= 0.3 is 5.97 Å². The minimum absolute atomic E-state index is 0.0188. The molecule has 0 saturated heterocycles. The van der Waals surface area contributed by atoms with E-state index in [4.69, 9.17) is 14.9 Å². The zero-order valence-electron chi connectivity index (χ0n) is 13.8. The van der Waals surface area contributed by atoms with Gasteiger partial charge in [0.25, 0.3) is 5.91 Å². The number of carbonyl (C=O) groups is 2. The number of allylic oxidation sites excluding steroid dienone is 1. The number of hydrogen-bond donors (Lipinski definition) is 1. The summed E-state index contributed by atoms with van der Waals surface area (Å²) in [5.41, 5.74) is 1.42. The van der Waals surface area contributed by atoms with Crippen LogP contribution in [-0.4, -0.2) is 42.0 Å². The fraction of sp³-hybridized carbons (Fsp3) is 0.176. The minimum atomic E-state index is -0.515. The van der Waals surface area contributed by atoms with E-state index in [9.17, 15) is 9.59 Å². The quantitative estimate of drug-likeness (QED) is 0.660. The molecule has 3 rings (SSSR count). The SMILES string of the molecule is COC(=O)C1=C(C)N2C(=N)/C(=C/c3ccc(OC)cc3)C(=O)N=C2S1. The molecule has 1 aromatic rings. The number of esters is 1. The first-order valence-corrected chi connectivity index (χ1v) is 8.12. The molecule has 128 valence electrons. The van der Waals surface area contributed by atoms with Crippen LogP contribution in [0.5, 0.6) is 5.75 Å². The molecule has 0 atom stereocenters. The highest BCUT2D eigenvalue weighted by Gasteiger charge is 2.39. The number of aliphatic imine (C=N–C) groups is 1. The molecule has 0 saturated carbocycles. The standard InChI is InChI=1S/C17H15N3O4S/c1-9-13(16(22)24-3)25-17-19-15(21)12(14(18)20(9)17)8-10-4-6-11(23-2)7-5-10/h4-8,18H,1-3H3/b12-8-,18-14?. The number of nitrogens with zero attached hydrogens (tertiary/aromatic N) is 2. The van der Waals surface area contributed by atoms with Crippen molar-refractivity contribution in [3.8, 4) is 5.75 Å². The van der Waals surface area contributed by atoms with E-state index in [-0.39, 0.29) is 11.4 Å².